The average molecular weight is 503 g/mol. The Balaban J connectivity index is 1.32. The van der Waals surface area contributed by atoms with Crippen LogP contribution in [0.3, 0.4) is 0 Å². The smallest absolute Gasteiger partial charge is 0.254 e. The van der Waals surface area contributed by atoms with E-state index in [1.807, 2.05) is 37.3 Å². The molecule has 2 unspecified atom stereocenters. The summed E-state index contributed by atoms with van der Waals surface area (Å²) in [4.78, 5) is 33.0. The number of oxazole rings is 1. The molecule has 0 aliphatic carbocycles. The van der Waals surface area contributed by atoms with Crippen LogP contribution < -0.4 is 10.6 Å². The zero-order valence-electron chi connectivity index (χ0n) is 21.1. The van der Waals surface area contributed by atoms with Crippen LogP contribution in [0.25, 0.3) is 0 Å². The summed E-state index contributed by atoms with van der Waals surface area (Å²) in [6, 6.07) is 15.9. The van der Waals surface area contributed by atoms with Crippen LogP contribution in [0.1, 0.15) is 69.6 Å². The molecular weight excluding hydrogens is 468 g/mol. The fourth-order valence-corrected chi connectivity index (χ4v) is 5.41. The molecule has 0 radical (unpaired) electrons. The molecule has 2 fully saturated rings. The van der Waals surface area contributed by atoms with Crippen LogP contribution in [0.2, 0.25) is 0 Å². The summed E-state index contributed by atoms with van der Waals surface area (Å²) in [5, 5.41) is 17.5. The van der Waals surface area contributed by atoms with Crippen LogP contribution in [0.4, 0.5) is 0 Å². The maximum atomic E-state index is 13.4. The number of carbonyl (C=O) groups is 2. The minimum atomic E-state index is -0.730. The Morgan fingerprint density at radius 3 is 2.68 bits per heavy atom. The molecule has 1 aromatic heterocycles. The quantitative estimate of drug-likeness (QED) is 0.436. The Hall–Kier alpha value is -3.49. The van der Waals surface area contributed by atoms with E-state index in [0.717, 1.165) is 43.5 Å². The van der Waals surface area contributed by atoms with Crippen LogP contribution in [0.15, 0.2) is 65.3 Å². The number of likely N-dealkylation sites (tertiary alicyclic amines) is 1. The molecule has 0 saturated carbocycles. The number of rotatable bonds is 8. The molecule has 5 rings (SSSR count). The number of hydrogen-bond acceptors (Lipinski definition) is 6. The van der Waals surface area contributed by atoms with Crippen LogP contribution in [0, 0.1) is 6.92 Å². The highest BCUT2D eigenvalue weighted by molar-refractivity contribution is 6.00. The van der Waals surface area contributed by atoms with Crippen molar-refractivity contribution < 1.29 is 19.1 Å². The van der Waals surface area contributed by atoms with E-state index in [2.05, 4.69) is 15.6 Å². The van der Waals surface area contributed by atoms with Crippen molar-refractivity contribution >= 4 is 11.8 Å². The Morgan fingerprint density at radius 2 is 1.95 bits per heavy atom. The Bertz CT molecular complexity index is 1220. The maximum absolute atomic E-state index is 13.4. The number of aryl methyl sites for hydroxylation is 1. The van der Waals surface area contributed by atoms with Gasteiger partial charge in [0.05, 0.1) is 17.8 Å². The number of nitrogens with one attached hydrogen (secondary N) is 2. The van der Waals surface area contributed by atoms with Gasteiger partial charge in [-0.2, -0.15) is 0 Å². The third kappa shape index (κ3) is 5.76. The van der Waals surface area contributed by atoms with Gasteiger partial charge in [-0.15, -0.1) is 0 Å². The van der Waals surface area contributed by atoms with E-state index in [9.17, 15) is 14.7 Å². The maximum Gasteiger partial charge on any atom is 0.254 e. The number of aromatic nitrogens is 1. The molecule has 2 aliphatic rings. The highest BCUT2D eigenvalue weighted by atomic mass is 16.3. The molecule has 2 aliphatic heterocycles. The summed E-state index contributed by atoms with van der Waals surface area (Å²) in [6.07, 6.45) is 4.91. The molecule has 4 atom stereocenters. The van der Waals surface area contributed by atoms with E-state index in [1.54, 1.807) is 35.4 Å². The second-order valence-corrected chi connectivity index (χ2v) is 10.0. The van der Waals surface area contributed by atoms with Crippen LogP contribution in [-0.2, 0) is 6.42 Å². The first kappa shape index (κ1) is 25.2. The molecule has 37 heavy (non-hydrogen) atoms. The zero-order valence-corrected chi connectivity index (χ0v) is 21.1. The van der Waals surface area contributed by atoms with Gasteiger partial charge in [-0.3, -0.25) is 9.59 Å². The third-order valence-electron chi connectivity index (χ3n) is 7.35. The lowest BCUT2D eigenvalue weighted by molar-refractivity contribution is 0.0715. The van der Waals surface area contributed by atoms with Crippen molar-refractivity contribution in [3.8, 4) is 0 Å². The molecule has 2 amide bonds. The van der Waals surface area contributed by atoms with Gasteiger partial charge in [0.2, 0.25) is 5.89 Å². The molecular formula is C29H34N4O4. The van der Waals surface area contributed by atoms with E-state index in [1.165, 1.54) is 0 Å². The van der Waals surface area contributed by atoms with Gasteiger partial charge in [-0.05, 0) is 69.3 Å². The minimum absolute atomic E-state index is 0.0622. The lowest BCUT2D eigenvalue weighted by atomic mass is 9.95. The SMILES string of the molecule is Cc1coc(C2CCCN2C(=O)c2cccc(C(=O)N[C@@H](Cc3ccccc3)[C@H](O)C3CCCN3)c2)n1. The highest BCUT2D eigenvalue weighted by Crippen LogP contribution is 2.32. The molecule has 3 N–H and O–H groups in total. The second-order valence-electron chi connectivity index (χ2n) is 10.0. The summed E-state index contributed by atoms with van der Waals surface area (Å²) >= 11 is 0. The van der Waals surface area contributed by atoms with Crippen LogP contribution in [0.5, 0.6) is 0 Å². The van der Waals surface area contributed by atoms with E-state index < -0.39 is 12.1 Å². The van der Waals surface area contributed by atoms with Gasteiger partial charge >= 0.3 is 0 Å². The Labute approximate surface area is 217 Å². The van der Waals surface area contributed by atoms with Gasteiger partial charge in [0, 0.05) is 23.7 Å². The average Bonchev–Trinajstić information content (AvgIpc) is 3.70. The van der Waals surface area contributed by atoms with E-state index in [0.29, 0.717) is 30.0 Å². The number of benzene rings is 2. The zero-order chi connectivity index (χ0) is 25.8. The lowest BCUT2D eigenvalue weighted by Crippen LogP contribution is -2.52. The van der Waals surface area contributed by atoms with Gasteiger partial charge in [0.15, 0.2) is 0 Å². The number of carbonyl (C=O) groups excluding carboxylic acids is 2. The van der Waals surface area contributed by atoms with Crippen molar-refractivity contribution in [2.45, 2.75) is 63.3 Å². The third-order valence-corrected chi connectivity index (χ3v) is 7.35. The van der Waals surface area contributed by atoms with Gasteiger partial charge in [-0.25, -0.2) is 4.98 Å². The van der Waals surface area contributed by atoms with Crippen molar-refractivity contribution in [1.29, 1.82) is 0 Å². The van der Waals surface area contributed by atoms with Crippen molar-refractivity contribution in [2.75, 3.05) is 13.1 Å². The number of hydrogen-bond donors (Lipinski definition) is 3. The van der Waals surface area contributed by atoms with E-state index in [4.69, 9.17) is 4.42 Å². The van der Waals surface area contributed by atoms with Gasteiger partial charge in [0.1, 0.15) is 12.3 Å². The molecule has 2 aromatic carbocycles. The molecule has 0 spiro atoms. The summed E-state index contributed by atoms with van der Waals surface area (Å²) in [6.45, 7) is 3.34. The summed E-state index contributed by atoms with van der Waals surface area (Å²) < 4.78 is 5.59. The van der Waals surface area contributed by atoms with Crippen molar-refractivity contribution in [1.82, 2.24) is 20.5 Å². The molecule has 2 saturated heterocycles. The standard InChI is InChI=1S/C29H34N4O4/c1-19-18-37-28(31-19)25-13-7-15-33(25)29(36)22-11-5-10-21(17-22)27(35)32-24(16-20-8-3-2-4-9-20)26(34)23-12-6-14-30-23/h2-5,8-11,17-18,23-26,30,34H,6-7,12-16H2,1H3,(H,32,35)/t23?,24-,25?,26+/m0/s1. The largest absolute Gasteiger partial charge is 0.446 e. The molecule has 8 heteroatoms. The van der Waals surface area contributed by atoms with E-state index >= 15 is 0 Å². The minimum Gasteiger partial charge on any atom is -0.446 e. The first-order valence-corrected chi connectivity index (χ1v) is 13.1. The normalized spacial score (nSPS) is 21.1. The predicted molar refractivity (Wildman–Crippen MR) is 139 cm³/mol. The molecule has 0 bridgehead atoms. The van der Waals surface area contributed by atoms with E-state index in [-0.39, 0.29) is 23.9 Å². The lowest BCUT2D eigenvalue weighted by Gasteiger charge is -2.29. The van der Waals surface area contributed by atoms with Gasteiger partial charge in [-0.1, -0.05) is 36.4 Å². The fourth-order valence-electron chi connectivity index (χ4n) is 5.41. The molecule has 3 aromatic rings. The summed E-state index contributed by atoms with van der Waals surface area (Å²) in [5.41, 5.74) is 2.65. The monoisotopic (exact) mass is 502 g/mol. The number of aliphatic hydroxyl groups excluding tert-OH is 1. The Kier molecular flexibility index (Phi) is 7.67. The van der Waals surface area contributed by atoms with Crippen LogP contribution in [-0.4, -0.2) is 58.1 Å². The van der Waals surface area contributed by atoms with Crippen molar-refractivity contribution in [3.63, 3.8) is 0 Å². The van der Waals surface area contributed by atoms with Gasteiger partial charge in [0.25, 0.3) is 11.8 Å². The number of aliphatic hydroxyl groups is 1. The first-order valence-electron chi connectivity index (χ1n) is 13.1. The predicted octanol–water partition coefficient (Wildman–Crippen LogP) is 3.41. The second kappa shape index (κ2) is 11.3. The summed E-state index contributed by atoms with van der Waals surface area (Å²) in [7, 11) is 0. The fraction of sp³-hybridized carbons (Fsp3) is 0.414. The molecule has 194 valence electrons. The first-order chi connectivity index (χ1) is 18.0. The summed E-state index contributed by atoms with van der Waals surface area (Å²) in [5.74, 6) is 0.0912. The topological polar surface area (TPSA) is 108 Å². The molecule has 8 nitrogen and oxygen atoms in total. The molecule has 3 heterocycles. The van der Waals surface area contributed by atoms with Crippen LogP contribution >= 0.6 is 0 Å². The highest BCUT2D eigenvalue weighted by Gasteiger charge is 2.34. The number of amides is 2. The Morgan fingerprint density at radius 1 is 1.14 bits per heavy atom. The van der Waals surface area contributed by atoms with Crippen molar-refractivity contribution in [3.05, 3.63) is 89.1 Å². The van der Waals surface area contributed by atoms with Crippen molar-refractivity contribution in [2.24, 2.45) is 0 Å². The number of nitrogens with zero attached hydrogens (tertiary/aromatic N) is 2. The van der Waals surface area contributed by atoms with Gasteiger partial charge < -0.3 is 25.1 Å².